The third-order valence-corrected chi connectivity index (χ3v) is 8.04. The molecule has 0 bridgehead atoms. The van der Waals surface area contributed by atoms with Crippen LogP contribution in [-0.4, -0.2) is 52.3 Å². The van der Waals surface area contributed by atoms with Gasteiger partial charge < -0.3 is 20.1 Å². The summed E-state index contributed by atoms with van der Waals surface area (Å²) in [6, 6.07) is 14.4. The number of amides is 1. The van der Waals surface area contributed by atoms with E-state index in [-0.39, 0.29) is 17.3 Å². The molecule has 1 saturated heterocycles. The minimum atomic E-state index is -1.38. The van der Waals surface area contributed by atoms with Gasteiger partial charge in [-0.05, 0) is 106 Å². The van der Waals surface area contributed by atoms with Crippen molar-refractivity contribution in [2.75, 3.05) is 36.5 Å². The molecule has 1 amide bonds. The lowest BCUT2D eigenvalue weighted by Gasteiger charge is -2.32. The molecule has 0 radical (unpaired) electrons. The standard InChI is InChI=1S/C35H39F2N5O3/c1-23-19-24(2)32(25(3)20-23)33(29-21-26(36)11-12-30(29)37)42(35(43)44)31-13-14-38-34(40-31)39-27-9-7-10-28(22-27)45-18-8-17-41-15-5-4-6-16-41/h7,9-14,19-22,33H,4-6,8,15-18H2,1-3H3,(H,43,44)(H,38,39,40). The summed E-state index contributed by atoms with van der Waals surface area (Å²) in [4.78, 5) is 25.2. The smallest absolute Gasteiger partial charge is 0.413 e. The summed E-state index contributed by atoms with van der Waals surface area (Å²) in [6.45, 7) is 9.50. The van der Waals surface area contributed by atoms with Crippen molar-refractivity contribution in [3.8, 4) is 5.75 Å². The topological polar surface area (TPSA) is 90.8 Å². The normalized spacial score (nSPS) is 14.2. The van der Waals surface area contributed by atoms with E-state index in [1.807, 2.05) is 57.2 Å². The molecule has 0 aliphatic carbocycles. The minimum absolute atomic E-state index is 0.00171. The van der Waals surface area contributed by atoms with E-state index in [4.69, 9.17) is 4.74 Å². The maximum atomic E-state index is 15.4. The molecule has 8 nitrogen and oxygen atoms in total. The van der Waals surface area contributed by atoms with Gasteiger partial charge in [-0.2, -0.15) is 4.98 Å². The number of rotatable bonds is 11. The molecule has 2 N–H and O–H groups in total. The van der Waals surface area contributed by atoms with Crippen LogP contribution in [0.3, 0.4) is 0 Å². The van der Waals surface area contributed by atoms with Crippen LogP contribution in [0, 0.1) is 32.4 Å². The number of nitrogens with zero attached hydrogens (tertiary/aromatic N) is 4. The SMILES string of the molecule is Cc1cc(C)c(C(c2cc(F)ccc2F)N(C(=O)O)c2ccnc(Nc3cccc(OCCCN4CCCCC4)c3)n2)c(C)c1. The molecule has 1 atom stereocenters. The average Bonchev–Trinajstić information content (AvgIpc) is 3.00. The molecule has 1 aromatic heterocycles. The molecule has 1 aliphatic heterocycles. The Kier molecular flexibility index (Phi) is 10.2. The summed E-state index contributed by atoms with van der Waals surface area (Å²) >= 11 is 0. The number of nitrogens with one attached hydrogen (secondary N) is 1. The minimum Gasteiger partial charge on any atom is -0.493 e. The molecule has 5 rings (SSSR count). The van der Waals surface area contributed by atoms with Crippen LogP contribution in [0.1, 0.15) is 59.5 Å². The summed E-state index contributed by atoms with van der Waals surface area (Å²) in [5.74, 6) is -0.584. The van der Waals surface area contributed by atoms with Crippen LogP contribution in [0.4, 0.5) is 31.0 Å². The van der Waals surface area contributed by atoms with Crippen LogP contribution in [0.15, 0.2) is 66.9 Å². The highest BCUT2D eigenvalue weighted by atomic mass is 19.1. The Labute approximate surface area is 262 Å². The quantitative estimate of drug-likeness (QED) is 0.166. The van der Waals surface area contributed by atoms with Crippen LogP contribution in [0.5, 0.6) is 5.75 Å². The fourth-order valence-electron chi connectivity index (χ4n) is 6.11. The van der Waals surface area contributed by atoms with E-state index in [9.17, 15) is 14.3 Å². The number of hydrogen-bond donors (Lipinski definition) is 2. The summed E-state index contributed by atoms with van der Waals surface area (Å²) in [5, 5.41) is 13.7. The molecule has 1 unspecified atom stereocenters. The highest BCUT2D eigenvalue weighted by molar-refractivity contribution is 5.87. The number of anilines is 3. The first-order valence-corrected chi connectivity index (χ1v) is 15.3. The van der Waals surface area contributed by atoms with Gasteiger partial charge in [0.25, 0.3) is 0 Å². The zero-order valence-electron chi connectivity index (χ0n) is 25.9. The second kappa shape index (κ2) is 14.5. The Hall–Kier alpha value is -4.57. The predicted octanol–water partition coefficient (Wildman–Crippen LogP) is 7.95. The molecule has 0 spiro atoms. The van der Waals surface area contributed by atoms with Crippen LogP contribution in [0.25, 0.3) is 0 Å². The van der Waals surface area contributed by atoms with E-state index in [1.54, 1.807) is 0 Å². The molecule has 45 heavy (non-hydrogen) atoms. The third-order valence-electron chi connectivity index (χ3n) is 8.04. The van der Waals surface area contributed by atoms with Crippen molar-refractivity contribution in [2.45, 2.75) is 52.5 Å². The van der Waals surface area contributed by atoms with Gasteiger partial charge in [0.05, 0.1) is 12.6 Å². The average molecular weight is 616 g/mol. The van der Waals surface area contributed by atoms with E-state index in [2.05, 4.69) is 20.2 Å². The molecular weight excluding hydrogens is 576 g/mol. The van der Waals surface area contributed by atoms with Gasteiger partial charge in [0, 0.05) is 30.1 Å². The van der Waals surface area contributed by atoms with Crippen molar-refractivity contribution < 1.29 is 23.4 Å². The number of aryl methyl sites for hydroxylation is 3. The summed E-state index contributed by atoms with van der Waals surface area (Å²) in [5.41, 5.74) is 3.54. The Balaban J connectivity index is 1.41. The van der Waals surface area contributed by atoms with E-state index in [1.165, 1.54) is 31.5 Å². The second-order valence-corrected chi connectivity index (χ2v) is 11.5. The molecule has 3 aromatic carbocycles. The van der Waals surface area contributed by atoms with Crippen molar-refractivity contribution in [2.24, 2.45) is 0 Å². The monoisotopic (exact) mass is 615 g/mol. The first-order valence-electron chi connectivity index (χ1n) is 15.3. The van der Waals surface area contributed by atoms with Crippen LogP contribution in [-0.2, 0) is 0 Å². The van der Waals surface area contributed by atoms with Gasteiger partial charge in [-0.3, -0.25) is 0 Å². The largest absolute Gasteiger partial charge is 0.493 e. The lowest BCUT2D eigenvalue weighted by atomic mass is 9.88. The molecule has 0 saturated carbocycles. The first kappa shape index (κ1) is 31.8. The van der Waals surface area contributed by atoms with Gasteiger partial charge in [0.15, 0.2) is 0 Å². The molecule has 1 fully saturated rings. The van der Waals surface area contributed by atoms with Crippen LogP contribution in [0.2, 0.25) is 0 Å². The van der Waals surface area contributed by atoms with E-state index >= 15 is 4.39 Å². The van der Waals surface area contributed by atoms with Gasteiger partial charge in [0.2, 0.25) is 5.95 Å². The zero-order chi connectivity index (χ0) is 31.9. The number of hydrogen-bond acceptors (Lipinski definition) is 6. The number of likely N-dealkylation sites (tertiary alicyclic amines) is 1. The zero-order valence-corrected chi connectivity index (χ0v) is 25.9. The third kappa shape index (κ3) is 7.94. The maximum absolute atomic E-state index is 15.4. The predicted molar refractivity (Wildman–Crippen MR) is 172 cm³/mol. The van der Waals surface area contributed by atoms with E-state index in [0.717, 1.165) is 65.8 Å². The number of ether oxygens (including phenoxy) is 1. The Morgan fingerprint density at radius 1 is 1.02 bits per heavy atom. The number of carboxylic acid groups (broad SMARTS) is 1. The maximum Gasteiger partial charge on any atom is 0.413 e. The van der Waals surface area contributed by atoms with Crippen molar-refractivity contribution in [1.82, 2.24) is 14.9 Å². The molecule has 2 heterocycles. The first-order chi connectivity index (χ1) is 21.7. The highest BCUT2D eigenvalue weighted by Gasteiger charge is 2.34. The van der Waals surface area contributed by atoms with E-state index < -0.39 is 23.8 Å². The van der Waals surface area contributed by atoms with Crippen molar-refractivity contribution >= 4 is 23.5 Å². The molecule has 1 aliphatic rings. The number of aromatic nitrogens is 2. The fraction of sp³-hybridized carbons (Fsp3) is 0.343. The fourth-order valence-corrected chi connectivity index (χ4v) is 6.11. The Bertz CT molecular complexity index is 1620. The molecule has 10 heteroatoms. The lowest BCUT2D eigenvalue weighted by molar-refractivity contribution is 0.199. The lowest BCUT2D eigenvalue weighted by Crippen LogP contribution is -2.36. The summed E-state index contributed by atoms with van der Waals surface area (Å²) in [6.07, 6.45) is 4.81. The number of halogens is 2. The van der Waals surface area contributed by atoms with E-state index in [0.29, 0.717) is 23.6 Å². The number of piperidine rings is 1. The van der Waals surface area contributed by atoms with Gasteiger partial charge >= 0.3 is 6.09 Å². The van der Waals surface area contributed by atoms with Crippen LogP contribution >= 0.6 is 0 Å². The molecular formula is C35H39F2N5O3. The highest BCUT2D eigenvalue weighted by Crippen LogP contribution is 2.38. The van der Waals surface area contributed by atoms with Gasteiger partial charge in [0.1, 0.15) is 23.2 Å². The van der Waals surface area contributed by atoms with Crippen molar-refractivity contribution in [3.05, 3.63) is 106 Å². The van der Waals surface area contributed by atoms with Gasteiger partial charge in [-0.25, -0.2) is 23.5 Å². The second-order valence-electron chi connectivity index (χ2n) is 11.5. The van der Waals surface area contributed by atoms with Crippen molar-refractivity contribution in [1.29, 1.82) is 0 Å². The Morgan fingerprint density at radius 2 is 1.78 bits per heavy atom. The van der Waals surface area contributed by atoms with Crippen molar-refractivity contribution in [3.63, 3.8) is 0 Å². The molecule has 4 aromatic rings. The number of carbonyl (C=O) groups is 1. The summed E-state index contributed by atoms with van der Waals surface area (Å²) in [7, 11) is 0. The van der Waals surface area contributed by atoms with Crippen LogP contribution < -0.4 is 15.0 Å². The van der Waals surface area contributed by atoms with Gasteiger partial charge in [-0.1, -0.05) is 30.2 Å². The molecule has 236 valence electrons. The number of benzene rings is 3. The van der Waals surface area contributed by atoms with Gasteiger partial charge in [-0.15, -0.1) is 0 Å². The Morgan fingerprint density at radius 3 is 2.51 bits per heavy atom. The summed E-state index contributed by atoms with van der Waals surface area (Å²) < 4.78 is 35.8.